The maximum atomic E-state index is 5.78. The van der Waals surface area contributed by atoms with Crippen molar-refractivity contribution in [2.75, 3.05) is 5.75 Å². The van der Waals surface area contributed by atoms with Crippen LogP contribution in [0.4, 0.5) is 0 Å². The van der Waals surface area contributed by atoms with Gasteiger partial charge >= 0.3 is 0 Å². The molecule has 2 N–H and O–H groups in total. The lowest BCUT2D eigenvalue weighted by Crippen LogP contribution is -2.17. The van der Waals surface area contributed by atoms with E-state index in [1.54, 1.807) is 23.1 Å². The summed E-state index contributed by atoms with van der Waals surface area (Å²) in [6.45, 7) is 2.03. The number of hydrogen-bond acceptors (Lipinski definition) is 4. The molecule has 0 fully saturated rings. The normalized spacial score (nSPS) is 12.6. The van der Waals surface area contributed by atoms with Gasteiger partial charge < -0.3 is 5.73 Å². The highest BCUT2D eigenvalue weighted by Gasteiger charge is 2.07. The zero-order valence-electron chi connectivity index (χ0n) is 9.09. The first-order valence-corrected chi connectivity index (χ1v) is 7.01. The highest BCUT2D eigenvalue weighted by atomic mass is 32.2. The monoisotopic (exact) mass is 250 g/mol. The second-order valence-corrected chi connectivity index (χ2v) is 5.58. The smallest absolute Gasteiger partial charge is 0.124 e. The molecule has 0 aliphatic rings. The minimum Gasteiger partial charge on any atom is -0.327 e. The number of benzene rings is 1. The van der Waals surface area contributed by atoms with Gasteiger partial charge in [0.25, 0.3) is 0 Å². The van der Waals surface area contributed by atoms with Crippen molar-refractivity contribution in [3.8, 4) is 10.6 Å². The van der Waals surface area contributed by atoms with Gasteiger partial charge in [-0.05, 0) is 13.0 Å². The van der Waals surface area contributed by atoms with Crippen LogP contribution in [0.25, 0.3) is 10.6 Å². The fourth-order valence-corrected chi connectivity index (χ4v) is 3.03. The van der Waals surface area contributed by atoms with Gasteiger partial charge in [-0.2, -0.15) is 0 Å². The van der Waals surface area contributed by atoms with Gasteiger partial charge in [-0.15, -0.1) is 23.1 Å². The standard InChI is InChI=1S/C12H14N2S2/c1-9(13)8-16-11-5-3-2-4-10(11)12-14-6-7-15-12/h2-7,9H,8,13H2,1H3/t9-/m1/s1. The van der Waals surface area contributed by atoms with Gasteiger partial charge in [-0.3, -0.25) is 0 Å². The summed E-state index contributed by atoms with van der Waals surface area (Å²) in [6.07, 6.45) is 1.84. The first-order valence-electron chi connectivity index (χ1n) is 5.14. The molecule has 0 aliphatic heterocycles. The molecule has 0 aliphatic carbocycles. The summed E-state index contributed by atoms with van der Waals surface area (Å²) in [7, 11) is 0. The maximum absolute atomic E-state index is 5.78. The van der Waals surface area contributed by atoms with Gasteiger partial charge in [0.1, 0.15) is 5.01 Å². The predicted octanol–water partition coefficient (Wildman–Crippen LogP) is 3.25. The average molecular weight is 250 g/mol. The van der Waals surface area contributed by atoms with E-state index < -0.39 is 0 Å². The van der Waals surface area contributed by atoms with Crippen LogP contribution in [0.5, 0.6) is 0 Å². The second-order valence-electron chi connectivity index (χ2n) is 3.62. The number of rotatable bonds is 4. The SMILES string of the molecule is C[C@@H](N)CSc1ccccc1-c1nccs1. The lowest BCUT2D eigenvalue weighted by atomic mass is 10.2. The van der Waals surface area contributed by atoms with Gasteiger partial charge in [-0.1, -0.05) is 18.2 Å². The van der Waals surface area contributed by atoms with Crippen molar-refractivity contribution in [2.45, 2.75) is 17.9 Å². The van der Waals surface area contributed by atoms with Crippen molar-refractivity contribution in [1.82, 2.24) is 4.98 Å². The summed E-state index contributed by atoms with van der Waals surface area (Å²) in [5.74, 6) is 0.933. The zero-order valence-corrected chi connectivity index (χ0v) is 10.7. The van der Waals surface area contributed by atoms with E-state index in [1.807, 2.05) is 24.6 Å². The molecule has 0 radical (unpaired) electrons. The quantitative estimate of drug-likeness (QED) is 0.847. The van der Waals surface area contributed by atoms with Crippen LogP contribution < -0.4 is 5.73 Å². The van der Waals surface area contributed by atoms with Crippen LogP contribution in [0, 0.1) is 0 Å². The number of nitrogens with two attached hydrogens (primary N) is 1. The minimum absolute atomic E-state index is 0.217. The van der Waals surface area contributed by atoms with Crippen LogP contribution in [-0.2, 0) is 0 Å². The number of nitrogens with zero attached hydrogens (tertiary/aromatic N) is 1. The van der Waals surface area contributed by atoms with E-state index in [0.717, 1.165) is 10.8 Å². The molecule has 0 saturated carbocycles. The van der Waals surface area contributed by atoms with Gasteiger partial charge in [0.05, 0.1) is 0 Å². The van der Waals surface area contributed by atoms with Gasteiger partial charge in [-0.25, -0.2) is 4.98 Å². The fraction of sp³-hybridized carbons (Fsp3) is 0.250. The van der Waals surface area contributed by atoms with Crippen molar-refractivity contribution in [3.05, 3.63) is 35.8 Å². The number of aromatic nitrogens is 1. The second kappa shape index (κ2) is 5.48. The summed E-state index contributed by atoms with van der Waals surface area (Å²) in [6, 6.07) is 8.56. The first kappa shape index (κ1) is 11.6. The van der Waals surface area contributed by atoms with E-state index in [2.05, 4.69) is 23.2 Å². The van der Waals surface area contributed by atoms with Crippen LogP contribution in [0.1, 0.15) is 6.92 Å². The lowest BCUT2D eigenvalue weighted by molar-refractivity contribution is 0.847. The van der Waals surface area contributed by atoms with E-state index in [1.165, 1.54) is 10.5 Å². The van der Waals surface area contributed by atoms with E-state index >= 15 is 0 Å². The summed E-state index contributed by atoms with van der Waals surface area (Å²) in [4.78, 5) is 5.61. The Labute approximate surface area is 104 Å². The lowest BCUT2D eigenvalue weighted by Gasteiger charge is -2.08. The van der Waals surface area contributed by atoms with Crippen LogP contribution in [0.2, 0.25) is 0 Å². The van der Waals surface area contributed by atoms with Crippen LogP contribution in [-0.4, -0.2) is 16.8 Å². The molecule has 1 heterocycles. The number of thioether (sulfide) groups is 1. The van der Waals surface area contributed by atoms with Crippen LogP contribution in [0.15, 0.2) is 40.7 Å². The molecule has 4 heteroatoms. The molecular formula is C12H14N2S2. The largest absolute Gasteiger partial charge is 0.327 e. The van der Waals surface area contributed by atoms with E-state index in [-0.39, 0.29) is 6.04 Å². The van der Waals surface area contributed by atoms with E-state index in [4.69, 9.17) is 5.73 Å². The molecule has 0 amide bonds. The fourth-order valence-electron chi connectivity index (χ4n) is 1.35. The Balaban J connectivity index is 2.24. The molecule has 0 saturated heterocycles. The van der Waals surface area contributed by atoms with Crippen molar-refractivity contribution in [1.29, 1.82) is 0 Å². The molecule has 0 bridgehead atoms. The first-order chi connectivity index (χ1) is 7.77. The third-order valence-electron chi connectivity index (χ3n) is 2.05. The maximum Gasteiger partial charge on any atom is 0.124 e. The third-order valence-corrected chi connectivity index (χ3v) is 4.22. The van der Waals surface area contributed by atoms with Crippen molar-refractivity contribution >= 4 is 23.1 Å². The Morgan fingerprint density at radius 2 is 2.25 bits per heavy atom. The Hall–Kier alpha value is -0.840. The molecule has 1 atom stereocenters. The Kier molecular flexibility index (Phi) is 3.98. The van der Waals surface area contributed by atoms with Crippen molar-refractivity contribution in [2.24, 2.45) is 5.73 Å². The molecule has 2 aromatic rings. The van der Waals surface area contributed by atoms with E-state index in [0.29, 0.717) is 0 Å². The number of hydrogen-bond donors (Lipinski definition) is 1. The average Bonchev–Trinajstić information content (AvgIpc) is 2.80. The van der Waals surface area contributed by atoms with Crippen LogP contribution >= 0.6 is 23.1 Å². The Morgan fingerprint density at radius 1 is 1.44 bits per heavy atom. The summed E-state index contributed by atoms with van der Waals surface area (Å²) >= 11 is 3.46. The minimum atomic E-state index is 0.217. The molecule has 84 valence electrons. The Bertz CT molecular complexity index is 438. The highest BCUT2D eigenvalue weighted by Crippen LogP contribution is 2.32. The molecule has 1 aromatic carbocycles. The molecule has 0 spiro atoms. The van der Waals surface area contributed by atoms with Gasteiger partial charge in [0.2, 0.25) is 0 Å². The third kappa shape index (κ3) is 2.84. The van der Waals surface area contributed by atoms with Crippen molar-refractivity contribution in [3.63, 3.8) is 0 Å². The van der Waals surface area contributed by atoms with Crippen molar-refractivity contribution < 1.29 is 0 Å². The molecule has 16 heavy (non-hydrogen) atoms. The summed E-state index contributed by atoms with van der Waals surface area (Å²) in [5, 5.41) is 3.08. The van der Waals surface area contributed by atoms with Gasteiger partial charge in [0.15, 0.2) is 0 Å². The summed E-state index contributed by atoms with van der Waals surface area (Å²) in [5.41, 5.74) is 6.99. The molecule has 2 rings (SSSR count). The molecule has 0 unspecified atom stereocenters. The topological polar surface area (TPSA) is 38.9 Å². The Morgan fingerprint density at radius 3 is 2.94 bits per heavy atom. The molecule has 2 nitrogen and oxygen atoms in total. The van der Waals surface area contributed by atoms with E-state index in [9.17, 15) is 0 Å². The molecular weight excluding hydrogens is 236 g/mol. The summed E-state index contributed by atoms with van der Waals surface area (Å²) < 4.78 is 0. The molecule has 1 aromatic heterocycles. The van der Waals surface area contributed by atoms with Crippen LogP contribution in [0.3, 0.4) is 0 Å². The predicted molar refractivity (Wildman–Crippen MR) is 71.9 cm³/mol. The van der Waals surface area contributed by atoms with Gasteiger partial charge in [0, 0.05) is 33.8 Å². The number of thiazole rings is 1. The highest BCUT2D eigenvalue weighted by molar-refractivity contribution is 7.99. The zero-order chi connectivity index (χ0) is 11.4.